The molecule has 30 heavy (non-hydrogen) atoms. The Morgan fingerprint density at radius 2 is 1.97 bits per heavy atom. The van der Waals surface area contributed by atoms with Crippen LogP contribution in [-0.4, -0.2) is 50.6 Å². The smallest absolute Gasteiger partial charge is 0.146 e. The van der Waals surface area contributed by atoms with E-state index in [2.05, 4.69) is 21.0 Å². The molecule has 3 aliphatic heterocycles. The van der Waals surface area contributed by atoms with E-state index in [0.717, 1.165) is 69.3 Å². The molecule has 1 aromatic rings. The first-order valence-corrected chi connectivity index (χ1v) is 10.9. The average molecular weight is 415 g/mol. The second-order valence-electron chi connectivity index (χ2n) is 9.06. The minimum absolute atomic E-state index is 0.200. The molecule has 7 heteroatoms. The lowest BCUT2D eigenvalue weighted by atomic mass is 9.83. The van der Waals surface area contributed by atoms with Crippen molar-refractivity contribution in [3.05, 3.63) is 59.6 Å². The summed E-state index contributed by atoms with van der Waals surface area (Å²) < 4.78 is 28.1. The molecule has 3 heterocycles. The van der Waals surface area contributed by atoms with Gasteiger partial charge in [-0.05, 0) is 75.8 Å². The van der Waals surface area contributed by atoms with Crippen LogP contribution in [-0.2, 0) is 0 Å². The van der Waals surface area contributed by atoms with Gasteiger partial charge in [0.05, 0.1) is 11.6 Å². The number of benzene rings is 1. The summed E-state index contributed by atoms with van der Waals surface area (Å²) >= 11 is 0. The molecule has 5 nitrogen and oxygen atoms in total. The Bertz CT molecular complexity index is 916. The number of hydrogen-bond donors (Lipinski definition) is 1. The molecule has 1 N–H and O–H groups in total. The number of halogens is 2. The van der Waals surface area contributed by atoms with E-state index in [1.54, 1.807) is 0 Å². The molecule has 0 aromatic heterocycles. The first kappa shape index (κ1) is 19.7. The summed E-state index contributed by atoms with van der Waals surface area (Å²) in [4.78, 5) is 6.95. The Hall–Kier alpha value is -2.25. The van der Waals surface area contributed by atoms with Gasteiger partial charge in [-0.15, -0.1) is 0 Å². The summed E-state index contributed by atoms with van der Waals surface area (Å²) in [5.41, 5.74) is -0.144. The standard InChI is InChI=1S/C23H28F2N4O/c1-23(30)10-6-17(7-11-23)28-13-9-22-26-21(8-14-29(22)28)27-12-2-3-20(27)18-15-16(24)4-5-19(18)25/h4-5,8-9,14-15,17,20,30H,2-3,6-7,10-13H2,1H3/t17?,20-,23?/m1/s1. The predicted molar refractivity (Wildman–Crippen MR) is 111 cm³/mol. The van der Waals surface area contributed by atoms with Crippen LogP contribution >= 0.6 is 0 Å². The Balaban J connectivity index is 1.32. The van der Waals surface area contributed by atoms with Crippen LogP contribution in [0.15, 0.2) is 47.4 Å². The number of likely N-dealkylation sites (tertiary alicyclic amines) is 1. The zero-order chi connectivity index (χ0) is 20.9. The van der Waals surface area contributed by atoms with E-state index in [1.165, 1.54) is 12.1 Å². The maximum atomic E-state index is 14.4. The van der Waals surface area contributed by atoms with E-state index >= 15 is 0 Å². The fraction of sp³-hybridized carbons (Fsp3) is 0.522. The van der Waals surface area contributed by atoms with Crippen molar-refractivity contribution in [1.29, 1.82) is 0 Å². The minimum Gasteiger partial charge on any atom is -0.390 e. The molecule has 0 radical (unpaired) electrons. The van der Waals surface area contributed by atoms with E-state index in [4.69, 9.17) is 4.99 Å². The summed E-state index contributed by atoms with van der Waals surface area (Å²) in [5.74, 6) is 0.910. The number of hydrogen-bond acceptors (Lipinski definition) is 5. The molecule has 0 unspecified atom stereocenters. The summed E-state index contributed by atoms with van der Waals surface area (Å²) in [7, 11) is 0. The molecule has 1 aromatic carbocycles. The summed E-state index contributed by atoms with van der Waals surface area (Å²) in [6.07, 6.45) is 11.4. The van der Waals surface area contributed by atoms with Gasteiger partial charge in [-0.25, -0.2) is 18.8 Å². The molecule has 5 rings (SSSR count). The van der Waals surface area contributed by atoms with Gasteiger partial charge in [-0.2, -0.15) is 0 Å². The van der Waals surface area contributed by atoms with Gasteiger partial charge in [0.1, 0.15) is 23.3 Å². The van der Waals surface area contributed by atoms with E-state index in [1.807, 2.05) is 19.2 Å². The lowest BCUT2D eigenvalue weighted by Gasteiger charge is -2.41. The van der Waals surface area contributed by atoms with Crippen molar-refractivity contribution < 1.29 is 13.9 Å². The van der Waals surface area contributed by atoms with Gasteiger partial charge >= 0.3 is 0 Å². The Morgan fingerprint density at radius 3 is 2.77 bits per heavy atom. The zero-order valence-corrected chi connectivity index (χ0v) is 17.3. The van der Waals surface area contributed by atoms with Crippen LogP contribution in [0.3, 0.4) is 0 Å². The van der Waals surface area contributed by atoms with Crippen LogP contribution in [0.2, 0.25) is 0 Å². The molecular formula is C23H28F2N4O. The van der Waals surface area contributed by atoms with Gasteiger partial charge in [-0.3, -0.25) is 5.01 Å². The summed E-state index contributed by atoms with van der Waals surface area (Å²) in [6.45, 7) is 3.49. The van der Waals surface area contributed by atoms with Crippen molar-refractivity contribution in [2.75, 3.05) is 13.1 Å². The third-order valence-corrected chi connectivity index (χ3v) is 6.88. The fourth-order valence-electron chi connectivity index (χ4n) is 5.18. The first-order valence-electron chi connectivity index (χ1n) is 10.9. The van der Waals surface area contributed by atoms with Crippen LogP contribution in [0.4, 0.5) is 8.78 Å². The first-order chi connectivity index (χ1) is 14.4. The highest BCUT2D eigenvalue weighted by Crippen LogP contribution is 2.37. The highest BCUT2D eigenvalue weighted by atomic mass is 19.1. The van der Waals surface area contributed by atoms with E-state index in [-0.39, 0.29) is 11.9 Å². The summed E-state index contributed by atoms with van der Waals surface area (Å²) in [5, 5.41) is 14.7. The lowest BCUT2D eigenvalue weighted by Crippen LogP contribution is -2.47. The quantitative estimate of drug-likeness (QED) is 0.792. The molecule has 1 saturated carbocycles. The van der Waals surface area contributed by atoms with Gasteiger partial charge in [0, 0.05) is 30.9 Å². The van der Waals surface area contributed by atoms with Gasteiger partial charge in [-0.1, -0.05) is 0 Å². The Morgan fingerprint density at radius 1 is 1.17 bits per heavy atom. The van der Waals surface area contributed by atoms with Gasteiger partial charge in [0.2, 0.25) is 0 Å². The van der Waals surface area contributed by atoms with Crippen LogP contribution in [0.5, 0.6) is 0 Å². The predicted octanol–water partition coefficient (Wildman–Crippen LogP) is 4.10. The van der Waals surface area contributed by atoms with Crippen molar-refractivity contribution in [3.63, 3.8) is 0 Å². The third kappa shape index (κ3) is 3.54. The molecule has 1 aliphatic carbocycles. The zero-order valence-electron chi connectivity index (χ0n) is 17.3. The maximum Gasteiger partial charge on any atom is 0.146 e. The number of nitrogens with zero attached hydrogens (tertiary/aromatic N) is 4. The van der Waals surface area contributed by atoms with Crippen LogP contribution < -0.4 is 0 Å². The molecule has 4 aliphatic rings. The van der Waals surface area contributed by atoms with Crippen molar-refractivity contribution in [2.24, 2.45) is 4.99 Å². The summed E-state index contributed by atoms with van der Waals surface area (Å²) in [6, 6.07) is 3.87. The number of hydrazine groups is 1. The number of rotatable bonds is 2. The SMILES string of the molecule is CC1(O)CCC(N2CC=C3N=C(N4CCC[C@@H]4c4cc(F)ccc4F)C=CN32)CC1. The van der Waals surface area contributed by atoms with Gasteiger partial charge in [0.15, 0.2) is 0 Å². The number of fused-ring (bicyclic) bond motifs is 1. The molecular weight excluding hydrogens is 386 g/mol. The average Bonchev–Trinajstić information content (AvgIpc) is 3.36. The second kappa shape index (κ2) is 7.46. The molecule has 0 amide bonds. The van der Waals surface area contributed by atoms with Crippen molar-refractivity contribution >= 4 is 5.84 Å². The lowest BCUT2D eigenvalue weighted by molar-refractivity contribution is -0.0400. The number of aliphatic imine (C=N–C) groups is 1. The molecule has 1 saturated heterocycles. The maximum absolute atomic E-state index is 14.4. The topological polar surface area (TPSA) is 42.3 Å². The minimum atomic E-state index is -0.549. The highest BCUT2D eigenvalue weighted by Gasteiger charge is 2.37. The van der Waals surface area contributed by atoms with Crippen LogP contribution in [0.25, 0.3) is 0 Å². The molecule has 0 spiro atoms. The Labute approximate surface area is 176 Å². The number of aliphatic hydroxyl groups is 1. The van der Waals surface area contributed by atoms with E-state index in [0.29, 0.717) is 11.6 Å². The van der Waals surface area contributed by atoms with Gasteiger partial charge < -0.3 is 10.0 Å². The largest absolute Gasteiger partial charge is 0.390 e. The Kier molecular flexibility index (Phi) is 4.90. The molecule has 1 atom stereocenters. The second-order valence-corrected chi connectivity index (χ2v) is 9.06. The third-order valence-electron chi connectivity index (χ3n) is 6.88. The highest BCUT2D eigenvalue weighted by molar-refractivity contribution is 5.95. The molecule has 2 fully saturated rings. The van der Waals surface area contributed by atoms with Gasteiger partial charge in [0.25, 0.3) is 0 Å². The van der Waals surface area contributed by atoms with E-state index in [9.17, 15) is 13.9 Å². The molecule has 0 bridgehead atoms. The normalized spacial score (nSPS) is 31.7. The van der Waals surface area contributed by atoms with Crippen molar-refractivity contribution in [2.45, 2.75) is 63.1 Å². The van der Waals surface area contributed by atoms with E-state index < -0.39 is 11.4 Å². The fourth-order valence-corrected chi connectivity index (χ4v) is 5.18. The van der Waals surface area contributed by atoms with Crippen molar-refractivity contribution in [1.82, 2.24) is 14.9 Å². The number of amidine groups is 1. The van der Waals surface area contributed by atoms with Crippen molar-refractivity contribution in [3.8, 4) is 0 Å². The van der Waals surface area contributed by atoms with Crippen LogP contribution in [0, 0.1) is 11.6 Å². The monoisotopic (exact) mass is 414 g/mol. The molecule has 160 valence electrons. The van der Waals surface area contributed by atoms with Crippen LogP contribution in [0.1, 0.15) is 57.1 Å².